The first-order valence-electron chi connectivity index (χ1n) is 6.80. The van der Waals surface area contributed by atoms with Crippen LogP contribution in [0, 0.1) is 0 Å². The van der Waals surface area contributed by atoms with Gasteiger partial charge in [0.1, 0.15) is 11.5 Å². The summed E-state index contributed by atoms with van der Waals surface area (Å²) in [7, 11) is 1.61. The lowest BCUT2D eigenvalue weighted by Crippen LogP contribution is -2.41. The van der Waals surface area contributed by atoms with Crippen molar-refractivity contribution in [1.82, 2.24) is 5.32 Å². The maximum absolute atomic E-state index is 12.0. The molecule has 0 spiro atoms. The van der Waals surface area contributed by atoms with E-state index in [0.29, 0.717) is 11.8 Å². The van der Waals surface area contributed by atoms with E-state index in [1.165, 1.54) is 12.8 Å². The molecule has 1 atom stereocenters. The highest BCUT2D eigenvalue weighted by Crippen LogP contribution is 2.21. The van der Waals surface area contributed by atoms with Crippen LogP contribution in [0.3, 0.4) is 0 Å². The Bertz CT molecular complexity index is 427. The zero-order valence-corrected chi connectivity index (χ0v) is 11.5. The number of hydrogen-bond donors (Lipinski definition) is 1. The van der Waals surface area contributed by atoms with E-state index in [1.807, 2.05) is 18.2 Å². The van der Waals surface area contributed by atoms with E-state index in [4.69, 9.17) is 9.47 Å². The number of carbonyl (C=O) groups is 1. The van der Waals surface area contributed by atoms with E-state index in [1.54, 1.807) is 20.1 Å². The van der Waals surface area contributed by atoms with Gasteiger partial charge in [0.15, 0.2) is 6.10 Å². The largest absolute Gasteiger partial charge is 0.497 e. The molecule has 4 nitrogen and oxygen atoms in total. The first-order chi connectivity index (χ1) is 9.19. The molecule has 1 N–H and O–H groups in total. The third kappa shape index (κ3) is 3.88. The highest BCUT2D eigenvalue weighted by atomic mass is 16.5. The molecule has 1 aliphatic rings. The van der Waals surface area contributed by atoms with Gasteiger partial charge in [-0.3, -0.25) is 4.79 Å². The normalized spacial score (nSPS) is 16.9. The summed E-state index contributed by atoms with van der Waals surface area (Å²) in [6.07, 6.45) is 4.08. The minimum Gasteiger partial charge on any atom is -0.497 e. The van der Waals surface area contributed by atoms with Gasteiger partial charge in [-0.25, -0.2) is 0 Å². The lowest BCUT2D eigenvalue weighted by Gasteiger charge is -2.18. The topological polar surface area (TPSA) is 47.6 Å². The second kappa shape index (κ2) is 6.45. The number of benzene rings is 1. The second-order valence-electron chi connectivity index (χ2n) is 4.93. The summed E-state index contributed by atoms with van der Waals surface area (Å²) in [5.74, 6) is 1.32. The Morgan fingerprint density at radius 2 is 2.00 bits per heavy atom. The van der Waals surface area contributed by atoms with Gasteiger partial charge in [0.05, 0.1) is 7.11 Å². The van der Waals surface area contributed by atoms with Crippen LogP contribution in [-0.2, 0) is 4.79 Å². The SMILES string of the molecule is COc1cccc(OC(C)C(=O)NC2CCCC2)c1. The molecule has 0 aliphatic heterocycles. The molecule has 1 aliphatic carbocycles. The van der Waals surface area contributed by atoms with Crippen molar-refractivity contribution in [2.75, 3.05) is 7.11 Å². The summed E-state index contributed by atoms with van der Waals surface area (Å²) in [6, 6.07) is 7.61. The van der Waals surface area contributed by atoms with Crippen molar-refractivity contribution in [3.63, 3.8) is 0 Å². The average molecular weight is 263 g/mol. The highest BCUT2D eigenvalue weighted by molar-refractivity contribution is 5.81. The molecule has 19 heavy (non-hydrogen) atoms. The smallest absolute Gasteiger partial charge is 0.260 e. The molecule has 0 saturated heterocycles. The van der Waals surface area contributed by atoms with Crippen LogP contribution in [0.1, 0.15) is 32.6 Å². The summed E-state index contributed by atoms with van der Waals surface area (Å²) >= 11 is 0. The van der Waals surface area contributed by atoms with E-state index < -0.39 is 6.10 Å². The Morgan fingerprint density at radius 3 is 2.68 bits per heavy atom. The summed E-state index contributed by atoms with van der Waals surface area (Å²) in [5.41, 5.74) is 0. The molecule has 1 aromatic carbocycles. The third-order valence-corrected chi connectivity index (χ3v) is 3.42. The molecule has 4 heteroatoms. The maximum atomic E-state index is 12.0. The Hall–Kier alpha value is -1.71. The molecule has 1 aromatic rings. The van der Waals surface area contributed by atoms with Crippen molar-refractivity contribution in [3.05, 3.63) is 24.3 Å². The van der Waals surface area contributed by atoms with Crippen molar-refractivity contribution in [3.8, 4) is 11.5 Å². The van der Waals surface area contributed by atoms with Gasteiger partial charge in [0, 0.05) is 12.1 Å². The lowest BCUT2D eigenvalue weighted by atomic mass is 10.2. The van der Waals surface area contributed by atoms with Crippen molar-refractivity contribution < 1.29 is 14.3 Å². The summed E-state index contributed by atoms with van der Waals surface area (Å²) in [4.78, 5) is 12.0. The van der Waals surface area contributed by atoms with Crippen molar-refractivity contribution >= 4 is 5.91 Å². The molecule has 2 rings (SSSR count). The van der Waals surface area contributed by atoms with Crippen molar-refractivity contribution in [2.45, 2.75) is 44.8 Å². The zero-order valence-electron chi connectivity index (χ0n) is 11.5. The van der Waals surface area contributed by atoms with Gasteiger partial charge in [-0.1, -0.05) is 18.9 Å². The number of rotatable bonds is 5. The molecule has 1 fully saturated rings. The van der Waals surface area contributed by atoms with Crippen LogP contribution in [0.15, 0.2) is 24.3 Å². The van der Waals surface area contributed by atoms with Gasteiger partial charge < -0.3 is 14.8 Å². The Balaban J connectivity index is 1.88. The molecule has 0 heterocycles. The van der Waals surface area contributed by atoms with Gasteiger partial charge in [0.2, 0.25) is 0 Å². The molecule has 1 saturated carbocycles. The van der Waals surface area contributed by atoms with E-state index in [2.05, 4.69) is 5.32 Å². The monoisotopic (exact) mass is 263 g/mol. The minimum atomic E-state index is -0.493. The Labute approximate surface area is 114 Å². The fourth-order valence-electron chi connectivity index (χ4n) is 2.32. The number of hydrogen-bond acceptors (Lipinski definition) is 3. The third-order valence-electron chi connectivity index (χ3n) is 3.42. The van der Waals surface area contributed by atoms with Crippen LogP contribution in [-0.4, -0.2) is 25.2 Å². The molecule has 0 radical (unpaired) electrons. The first-order valence-corrected chi connectivity index (χ1v) is 6.80. The van der Waals surface area contributed by atoms with Crippen LogP contribution in [0.25, 0.3) is 0 Å². The predicted molar refractivity (Wildman–Crippen MR) is 73.5 cm³/mol. The fourth-order valence-corrected chi connectivity index (χ4v) is 2.32. The van der Waals surface area contributed by atoms with Gasteiger partial charge in [0.25, 0.3) is 5.91 Å². The molecular weight excluding hydrogens is 242 g/mol. The van der Waals surface area contributed by atoms with Crippen LogP contribution in [0.4, 0.5) is 0 Å². The zero-order chi connectivity index (χ0) is 13.7. The molecule has 0 bridgehead atoms. The predicted octanol–water partition coefficient (Wildman–Crippen LogP) is 2.52. The molecular formula is C15H21NO3. The average Bonchev–Trinajstić information content (AvgIpc) is 2.91. The molecule has 1 amide bonds. The number of nitrogens with one attached hydrogen (secondary N) is 1. The van der Waals surface area contributed by atoms with E-state index >= 15 is 0 Å². The molecule has 1 unspecified atom stereocenters. The standard InChI is InChI=1S/C15H21NO3/c1-11(15(17)16-12-6-3-4-7-12)19-14-9-5-8-13(10-14)18-2/h5,8-12H,3-4,6-7H2,1-2H3,(H,16,17). The highest BCUT2D eigenvalue weighted by Gasteiger charge is 2.21. The van der Waals surface area contributed by atoms with Gasteiger partial charge in [-0.15, -0.1) is 0 Å². The first kappa shape index (κ1) is 13.7. The van der Waals surface area contributed by atoms with Crippen LogP contribution in [0.2, 0.25) is 0 Å². The van der Waals surface area contributed by atoms with Gasteiger partial charge in [-0.05, 0) is 31.9 Å². The number of carbonyl (C=O) groups excluding carboxylic acids is 1. The Morgan fingerprint density at radius 1 is 1.32 bits per heavy atom. The summed E-state index contributed by atoms with van der Waals surface area (Å²) in [6.45, 7) is 1.77. The van der Waals surface area contributed by atoms with Crippen LogP contribution in [0.5, 0.6) is 11.5 Å². The van der Waals surface area contributed by atoms with Crippen LogP contribution >= 0.6 is 0 Å². The van der Waals surface area contributed by atoms with E-state index in [9.17, 15) is 4.79 Å². The van der Waals surface area contributed by atoms with Crippen molar-refractivity contribution in [2.24, 2.45) is 0 Å². The fraction of sp³-hybridized carbons (Fsp3) is 0.533. The van der Waals surface area contributed by atoms with Crippen molar-refractivity contribution in [1.29, 1.82) is 0 Å². The minimum absolute atomic E-state index is 0.0466. The van der Waals surface area contributed by atoms with Gasteiger partial charge >= 0.3 is 0 Å². The summed E-state index contributed by atoms with van der Waals surface area (Å²) in [5, 5.41) is 3.03. The van der Waals surface area contributed by atoms with Gasteiger partial charge in [-0.2, -0.15) is 0 Å². The van der Waals surface area contributed by atoms with E-state index in [-0.39, 0.29) is 5.91 Å². The second-order valence-corrected chi connectivity index (χ2v) is 4.93. The van der Waals surface area contributed by atoms with Crippen LogP contribution < -0.4 is 14.8 Å². The van der Waals surface area contributed by atoms with E-state index in [0.717, 1.165) is 18.6 Å². The quantitative estimate of drug-likeness (QED) is 0.888. The lowest BCUT2D eigenvalue weighted by molar-refractivity contribution is -0.127. The number of methoxy groups -OCH3 is 1. The molecule has 0 aromatic heterocycles. The Kier molecular flexibility index (Phi) is 4.66. The summed E-state index contributed by atoms with van der Waals surface area (Å²) < 4.78 is 10.8. The maximum Gasteiger partial charge on any atom is 0.260 e. The number of ether oxygens (including phenoxy) is 2. The molecule has 104 valence electrons. The number of amides is 1.